The summed E-state index contributed by atoms with van der Waals surface area (Å²) in [5, 5.41) is 0.556. The fourth-order valence-corrected chi connectivity index (χ4v) is 1.87. The average molecular weight is 237 g/mol. The minimum absolute atomic E-state index is 0.0470. The van der Waals surface area contributed by atoms with E-state index < -0.39 is 0 Å². The van der Waals surface area contributed by atoms with Crippen LogP contribution in [-0.2, 0) is 0 Å². The van der Waals surface area contributed by atoms with E-state index in [1.165, 1.54) is 11.6 Å². The van der Waals surface area contributed by atoms with E-state index in [0.29, 0.717) is 16.7 Å². The smallest absolute Gasteiger partial charge is 0.193 e. The Morgan fingerprint density at radius 2 is 1.89 bits per heavy atom. The van der Waals surface area contributed by atoms with Crippen LogP contribution in [-0.4, -0.2) is 4.98 Å². The van der Waals surface area contributed by atoms with Crippen LogP contribution >= 0.6 is 0 Å². The van der Waals surface area contributed by atoms with Gasteiger partial charge in [-0.25, -0.2) is 0 Å². The van der Waals surface area contributed by atoms with Crippen molar-refractivity contribution in [2.45, 2.75) is 6.92 Å². The maximum atomic E-state index is 12.0. The molecule has 0 aliphatic carbocycles. The van der Waals surface area contributed by atoms with Gasteiger partial charge >= 0.3 is 0 Å². The van der Waals surface area contributed by atoms with Crippen LogP contribution in [0.25, 0.3) is 22.3 Å². The second kappa shape index (κ2) is 4.11. The molecule has 0 amide bonds. The van der Waals surface area contributed by atoms with Gasteiger partial charge in [0.15, 0.2) is 11.0 Å². The van der Waals surface area contributed by atoms with Gasteiger partial charge in [0.1, 0.15) is 5.76 Å². The lowest BCUT2D eigenvalue weighted by atomic mass is 10.1. The van der Waals surface area contributed by atoms with Crippen LogP contribution in [0.4, 0.5) is 0 Å². The van der Waals surface area contributed by atoms with Gasteiger partial charge in [0, 0.05) is 17.8 Å². The van der Waals surface area contributed by atoms with Crippen molar-refractivity contribution in [1.82, 2.24) is 4.98 Å². The van der Waals surface area contributed by atoms with E-state index in [0.717, 1.165) is 5.56 Å². The fourth-order valence-electron chi connectivity index (χ4n) is 1.87. The molecule has 0 aliphatic rings. The van der Waals surface area contributed by atoms with E-state index in [1.54, 1.807) is 18.5 Å². The molecular formula is C15H11NO2. The molecule has 0 N–H and O–H groups in total. The van der Waals surface area contributed by atoms with Crippen LogP contribution in [0.2, 0.25) is 0 Å². The van der Waals surface area contributed by atoms with Gasteiger partial charge in [0.2, 0.25) is 0 Å². The van der Waals surface area contributed by atoms with Crippen LogP contribution in [0.3, 0.4) is 0 Å². The van der Waals surface area contributed by atoms with Crippen LogP contribution in [0, 0.1) is 6.92 Å². The Morgan fingerprint density at radius 3 is 2.67 bits per heavy atom. The third-order valence-electron chi connectivity index (χ3n) is 2.87. The van der Waals surface area contributed by atoms with Crippen molar-refractivity contribution in [3.63, 3.8) is 0 Å². The number of nitrogens with zero attached hydrogens (tertiary/aromatic N) is 1. The van der Waals surface area contributed by atoms with Crippen LogP contribution < -0.4 is 5.43 Å². The first-order valence-corrected chi connectivity index (χ1v) is 5.69. The Hall–Kier alpha value is -2.42. The first-order chi connectivity index (χ1) is 8.74. The number of hydrogen-bond acceptors (Lipinski definition) is 3. The maximum absolute atomic E-state index is 12.0. The molecule has 3 aromatic rings. The third-order valence-corrected chi connectivity index (χ3v) is 2.87. The molecule has 0 bridgehead atoms. The molecule has 1 aromatic carbocycles. The van der Waals surface area contributed by atoms with Crippen LogP contribution in [0.5, 0.6) is 0 Å². The van der Waals surface area contributed by atoms with E-state index in [1.807, 2.05) is 31.2 Å². The van der Waals surface area contributed by atoms with Gasteiger partial charge in [0.05, 0.1) is 11.6 Å². The third kappa shape index (κ3) is 1.80. The minimum atomic E-state index is -0.0470. The number of rotatable bonds is 1. The topological polar surface area (TPSA) is 43.1 Å². The molecule has 0 saturated carbocycles. The predicted molar refractivity (Wildman–Crippen MR) is 70.5 cm³/mol. The largest absolute Gasteiger partial charge is 0.454 e. The molecule has 88 valence electrons. The van der Waals surface area contributed by atoms with Crippen molar-refractivity contribution < 1.29 is 4.42 Å². The standard InChI is InChI=1S/C15H11NO2/c1-10-2-4-11(5-3-10)14-8-13(17)12-6-7-16-9-15(12)18-14/h2-9H,1H3. The highest BCUT2D eigenvalue weighted by molar-refractivity contribution is 5.77. The predicted octanol–water partition coefficient (Wildman–Crippen LogP) is 3.16. The van der Waals surface area contributed by atoms with Gasteiger partial charge in [-0.2, -0.15) is 0 Å². The summed E-state index contributed by atoms with van der Waals surface area (Å²) in [5.74, 6) is 0.570. The van der Waals surface area contributed by atoms with Gasteiger partial charge in [-0.1, -0.05) is 29.8 Å². The highest BCUT2D eigenvalue weighted by atomic mass is 16.3. The summed E-state index contributed by atoms with van der Waals surface area (Å²) in [5.41, 5.74) is 2.53. The molecule has 2 heterocycles. The Balaban J connectivity index is 2.24. The monoisotopic (exact) mass is 237 g/mol. The zero-order chi connectivity index (χ0) is 12.5. The molecular weight excluding hydrogens is 226 g/mol. The zero-order valence-corrected chi connectivity index (χ0v) is 9.88. The molecule has 0 radical (unpaired) electrons. The summed E-state index contributed by atoms with van der Waals surface area (Å²) < 4.78 is 5.71. The number of benzene rings is 1. The maximum Gasteiger partial charge on any atom is 0.193 e. The second-order valence-corrected chi connectivity index (χ2v) is 4.21. The minimum Gasteiger partial charge on any atom is -0.454 e. The molecule has 0 unspecified atom stereocenters. The Labute approximate surface area is 104 Å². The number of aryl methyl sites for hydroxylation is 1. The molecule has 3 heteroatoms. The Kier molecular flexibility index (Phi) is 2.45. The summed E-state index contributed by atoms with van der Waals surface area (Å²) in [6.45, 7) is 2.02. The molecule has 3 nitrogen and oxygen atoms in total. The van der Waals surface area contributed by atoms with E-state index in [2.05, 4.69) is 4.98 Å². The molecule has 0 saturated heterocycles. The van der Waals surface area contributed by atoms with Crippen molar-refractivity contribution in [2.75, 3.05) is 0 Å². The van der Waals surface area contributed by atoms with Crippen molar-refractivity contribution in [3.05, 3.63) is 64.6 Å². The van der Waals surface area contributed by atoms with Crippen molar-refractivity contribution in [2.24, 2.45) is 0 Å². The fraction of sp³-hybridized carbons (Fsp3) is 0.0667. The van der Waals surface area contributed by atoms with Gasteiger partial charge < -0.3 is 4.42 Å². The van der Waals surface area contributed by atoms with Crippen LogP contribution in [0.1, 0.15) is 5.56 Å². The number of aromatic nitrogens is 1. The number of hydrogen-bond donors (Lipinski definition) is 0. The lowest BCUT2D eigenvalue weighted by molar-refractivity contribution is 0.617. The summed E-state index contributed by atoms with van der Waals surface area (Å²) >= 11 is 0. The summed E-state index contributed by atoms with van der Waals surface area (Å²) in [4.78, 5) is 15.9. The van der Waals surface area contributed by atoms with Gasteiger partial charge in [0.25, 0.3) is 0 Å². The first-order valence-electron chi connectivity index (χ1n) is 5.69. The second-order valence-electron chi connectivity index (χ2n) is 4.21. The van der Waals surface area contributed by atoms with Crippen molar-refractivity contribution in [3.8, 4) is 11.3 Å². The van der Waals surface area contributed by atoms with Gasteiger partial charge in [-0.15, -0.1) is 0 Å². The Morgan fingerprint density at radius 1 is 1.11 bits per heavy atom. The highest BCUT2D eigenvalue weighted by Crippen LogP contribution is 2.21. The zero-order valence-electron chi connectivity index (χ0n) is 9.88. The molecule has 3 rings (SSSR count). The van der Waals surface area contributed by atoms with Gasteiger partial charge in [-0.05, 0) is 13.0 Å². The molecule has 2 aromatic heterocycles. The number of fused-ring (bicyclic) bond motifs is 1. The number of pyridine rings is 1. The van der Waals surface area contributed by atoms with E-state index in [-0.39, 0.29) is 5.43 Å². The lowest BCUT2D eigenvalue weighted by Gasteiger charge is -2.03. The summed E-state index contributed by atoms with van der Waals surface area (Å²) in [6, 6.07) is 11.0. The van der Waals surface area contributed by atoms with E-state index in [4.69, 9.17) is 4.42 Å². The molecule has 0 spiro atoms. The first kappa shape index (κ1) is 10.7. The normalized spacial score (nSPS) is 10.7. The van der Waals surface area contributed by atoms with Crippen molar-refractivity contribution >= 4 is 11.0 Å². The summed E-state index contributed by atoms with van der Waals surface area (Å²) in [7, 11) is 0. The van der Waals surface area contributed by atoms with E-state index >= 15 is 0 Å². The molecule has 0 aliphatic heterocycles. The Bertz CT molecular complexity index is 757. The lowest BCUT2D eigenvalue weighted by Crippen LogP contribution is -2.00. The highest BCUT2D eigenvalue weighted by Gasteiger charge is 2.06. The molecule has 18 heavy (non-hydrogen) atoms. The quantitative estimate of drug-likeness (QED) is 0.653. The SMILES string of the molecule is Cc1ccc(-c2cc(=O)c3ccncc3o2)cc1. The molecule has 0 fully saturated rings. The van der Waals surface area contributed by atoms with E-state index in [9.17, 15) is 4.79 Å². The van der Waals surface area contributed by atoms with Gasteiger partial charge in [-0.3, -0.25) is 9.78 Å². The van der Waals surface area contributed by atoms with Crippen molar-refractivity contribution in [1.29, 1.82) is 0 Å². The van der Waals surface area contributed by atoms with Crippen LogP contribution in [0.15, 0.2) is 58.0 Å². The summed E-state index contributed by atoms with van der Waals surface area (Å²) in [6.07, 6.45) is 3.15. The average Bonchev–Trinajstić information content (AvgIpc) is 2.39. The molecule has 0 atom stereocenters.